The second-order valence-corrected chi connectivity index (χ2v) is 7.89. The summed E-state index contributed by atoms with van der Waals surface area (Å²) in [6, 6.07) is 11.8. The van der Waals surface area contributed by atoms with Crippen molar-refractivity contribution in [3.8, 4) is 5.75 Å². The molecule has 5 rings (SSSR count). The van der Waals surface area contributed by atoms with Crippen molar-refractivity contribution in [2.75, 3.05) is 20.8 Å². The molecule has 0 saturated carbocycles. The molecule has 2 heterocycles. The molecule has 2 aliphatic rings. The van der Waals surface area contributed by atoms with Gasteiger partial charge in [0.15, 0.2) is 0 Å². The third-order valence-corrected chi connectivity index (χ3v) is 6.26. The average Bonchev–Trinajstić information content (AvgIpc) is 3.08. The highest BCUT2D eigenvalue weighted by atomic mass is 16.5. The van der Waals surface area contributed by atoms with E-state index in [4.69, 9.17) is 9.47 Å². The van der Waals surface area contributed by atoms with Gasteiger partial charge >= 0.3 is 0 Å². The van der Waals surface area contributed by atoms with Crippen LogP contribution in [0, 0.1) is 13.8 Å². The first-order valence-corrected chi connectivity index (χ1v) is 9.60. The van der Waals surface area contributed by atoms with Crippen LogP contribution in [0.2, 0.25) is 0 Å². The molecule has 27 heavy (non-hydrogen) atoms. The van der Waals surface area contributed by atoms with E-state index in [0.29, 0.717) is 6.04 Å². The van der Waals surface area contributed by atoms with Crippen molar-refractivity contribution in [3.63, 3.8) is 0 Å². The van der Waals surface area contributed by atoms with Crippen LogP contribution in [-0.2, 0) is 17.7 Å². The smallest absolute Gasteiger partial charge is 0.122 e. The van der Waals surface area contributed by atoms with Gasteiger partial charge in [-0.3, -0.25) is 4.90 Å². The lowest BCUT2D eigenvalue weighted by Gasteiger charge is -2.33. The van der Waals surface area contributed by atoms with Crippen molar-refractivity contribution in [3.05, 3.63) is 64.4 Å². The molecular weight excluding hydrogens is 334 g/mol. The van der Waals surface area contributed by atoms with E-state index in [0.717, 1.165) is 31.0 Å². The number of nitrogens with zero attached hydrogens (tertiary/aromatic N) is 1. The molecule has 0 amide bonds. The van der Waals surface area contributed by atoms with Gasteiger partial charge in [0, 0.05) is 12.6 Å². The summed E-state index contributed by atoms with van der Waals surface area (Å²) < 4.78 is 11.2. The first-order valence-electron chi connectivity index (χ1n) is 9.60. The van der Waals surface area contributed by atoms with Crippen LogP contribution >= 0.6 is 0 Å². The van der Waals surface area contributed by atoms with Gasteiger partial charge in [-0.15, -0.1) is 0 Å². The van der Waals surface area contributed by atoms with Crippen molar-refractivity contribution in [2.45, 2.75) is 32.9 Å². The molecule has 0 saturated heterocycles. The minimum Gasteiger partial charge on any atom is -0.500 e. The summed E-state index contributed by atoms with van der Waals surface area (Å²) in [6.07, 6.45) is 3.31. The normalized spacial score (nSPS) is 19.1. The van der Waals surface area contributed by atoms with Gasteiger partial charge < -0.3 is 9.47 Å². The van der Waals surface area contributed by atoms with Gasteiger partial charge in [0.1, 0.15) is 11.5 Å². The largest absolute Gasteiger partial charge is 0.500 e. The second-order valence-electron chi connectivity index (χ2n) is 7.89. The van der Waals surface area contributed by atoms with E-state index in [1.54, 1.807) is 14.2 Å². The first kappa shape index (κ1) is 16.6. The van der Waals surface area contributed by atoms with E-state index < -0.39 is 0 Å². The zero-order valence-corrected chi connectivity index (χ0v) is 16.4. The van der Waals surface area contributed by atoms with Crippen LogP contribution in [-0.4, -0.2) is 31.7 Å². The highest BCUT2D eigenvalue weighted by Crippen LogP contribution is 2.41. The van der Waals surface area contributed by atoms with Gasteiger partial charge in [-0.05, 0) is 76.7 Å². The molecule has 0 N–H and O–H groups in total. The summed E-state index contributed by atoms with van der Waals surface area (Å²) in [5.74, 6) is 2.06. The lowest BCUT2D eigenvalue weighted by Crippen LogP contribution is -2.36. The third-order valence-electron chi connectivity index (χ3n) is 6.26. The lowest BCUT2D eigenvalue weighted by molar-refractivity contribution is 0.209. The number of ether oxygens (including phenoxy) is 2. The molecule has 138 valence electrons. The number of fused-ring (bicyclic) bond motifs is 7. The number of aryl methyl sites for hydroxylation is 2. The fraction of sp³-hybridized carbons (Fsp3) is 0.333. The van der Waals surface area contributed by atoms with Crippen LogP contribution in [0.4, 0.5) is 0 Å². The Balaban J connectivity index is 1.83. The number of hydrogen-bond acceptors (Lipinski definition) is 3. The molecule has 0 radical (unpaired) electrons. The van der Waals surface area contributed by atoms with Gasteiger partial charge in [0.25, 0.3) is 0 Å². The molecule has 3 aromatic carbocycles. The quantitative estimate of drug-likeness (QED) is 0.608. The molecule has 0 spiro atoms. The Morgan fingerprint density at radius 2 is 1.67 bits per heavy atom. The van der Waals surface area contributed by atoms with Crippen molar-refractivity contribution in [1.82, 2.24) is 4.90 Å². The minimum atomic E-state index is 0.422. The fourth-order valence-corrected chi connectivity index (χ4v) is 4.86. The highest BCUT2D eigenvalue weighted by molar-refractivity contribution is 6.11. The maximum atomic E-state index is 5.66. The summed E-state index contributed by atoms with van der Waals surface area (Å²) in [4.78, 5) is 2.53. The van der Waals surface area contributed by atoms with Crippen LogP contribution in [0.15, 0.2) is 42.2 Å². The molecule has 0 unspecified atom stereocenters. The van der Waals surface area contributed by atoms with Crippen molar-refractivity contribution < 1.29 is 9.47 Å². The van der Waals surface area contributed by atoms with Crippen LogP contribution < -0.4 is 4.74 Å². The molecule has 0 bridgehead atoms. The fourth-order valence-electron chi connectivity index (χ4n) is 4.86. The van der Waals surface area contributed by atoms with Gasteiger partial charge in [-0.2, -0.15) is 0 Å². The Bertz CT molecular complexity index is 1110. The Morgan fingerprint density at radius 1 is 0.852 bits per heavy atom. The molecular formula is C24H25NO2. The maximum Gasteiger partial charge on any atom is 0.122 e. The summed E-state index contributed by atoms with van der Waals surface area (Å²) in [7, 11) is 3.54. The van der Waals surface area contributed by atoms with Crippen LogP contribution in [0.5, 0.6) is 5.75 Å². The van der Waals surface area contributed by atoms with Gasteiger partial charge in [-0.25, -0.2) is 0 Å². The van der Waals surface area contributed by atoms with Gasteiger partial charge in [0.05, 0.1) is 20.8 Å². The Morgan fingerprint density at radius 3 is 2.44 bits per heavy atom. The third kappa shape index (κ3) is 2.45. The zero-order valence-electron chi connectivity index (χ0n) is 16.4. The van der Waals surface area contributed by atoms with Crippen molar-refractivity contribution in [1.29, 1.82) is 0 Å². The molecule has 0 aromatic heterocycles. The Labute approximate surface area is 160 Å². The van der Waals surface area contributed by atoms with Crippen LogP contribution in [0.3, 0.4) is 0 Å². The number of benzene rings is 3. The molecule has 0 fully saturated rings. The number of methoxy groups -OCH3 is 2. The standard InChI is InChI=1S/C24H25NO2/c1-14-5-6-18-19(7-14)20-8-15(2)24(27-4)11-22(20)21-10-16-9-17(26-3)12-25(16)13-23(18)21/h5-9,11,16H,10,12-13H2,1-4H3/t16-/m1/s1. The predicted octanol–water partition coefficient (Wildman–Crippen LogP) is 4.89. The van der Waals surface area contributed by atoms with E-state index in [-0.39, 0.29) is 0 Å². The maximum absolute atomic E-state index is 5.66. The van der Waals surface area contributed by atoms with Crippen molar-refractivity contribution >= 4 is 21.5 Å². The highest BCUT2D eigenvalue weighted by Gasteiger charge is 2.33. The summed E-state index contributed by atoms with van der Waals surface area (Å²) in [5.41, 5.74) is 5.42. The van der Waals surface area contributed by atoms with E-state index in [1.165, 1.54) is 43.8 Å². The molecule has 2 aliphatic heterocycles. The van der Waals surface area contributed by atoms with Gasteiger partial charge in [0.2, 0.25) is 0 Å². The van der Waals surface area contributed by atoms with E-state index in [1.807, 2.05) is 0 Å². The van der Waals surface area contributed by atoms with Crippen LogP contribution in [0.1, 0.15) is 22.3 Å². The Hall–Kier alpha value is -2.52. The molecule has 1 atom stereocenters. The molecule has 0 aliphatic carbocycles. The van der Waals surface area contributed by atoms with E-state index >= 15 is 0 Å². The average molecular weight is 359 g/mol. The van der Waals surface area contributed by atoms with E-state index in [2.05, 4.69) is 55.2 Å². The summed E-state index contributed by atoms with van der Waals surface area (Å²) >= 11 is 0. The summed E-state index contributed by atoms with van der Waals surface area (Å²) in [6.45, 7) is 6.18. The topological polar surface area (TPSA) is 21.7 Å². The number of hydrogen-bond donors (Lipinski definition) is 0. The predicted molar refractivity (Wildman–Crippen MR) is 110 cm³/mol. The molecule has 3 heteroatoms. The number of rotatable bonds is 2. The van der Waals surface area contributed by atoms with Gasteiger partial charge in [-0.1, -0.05) is 23.8 Å². The molecule has 3 aromatic rings. The lowest BCUT2D eigenvalue weighted by atomic mass is 9.84. The van der Waals surface area contributed by atoms with Crippen LogP contribution in [0.25, 0.3) is 21.5 Å². The SMILES string of the molecule is COC1=C[C@@H]2Cc3c(c4ccc(C)cc4c4cc(C)c(OC)cc34)CN2C1. The second kappa shape index (κ2) is 6.00. The summed E-state index contributed by atoms with van der Waals surface area (Å²) in [5, 5.41) is 5.42. The molecule has 3 nitrogen and oxygen atoms in total. The zero-order chi connectivity index (χ0) is 18.7. The first-order chi connectivity index (χ1) is 13.1. The van der Waals surface area contributed by atoms with E-state index in [9.17, 15) is 0 Å². The monoisotopic (exact) mass is 359 g/mol. The van der Waals surface area contributed by atoms with Crippen molar-refractivity contribution in [2.24, 2.45) is 0 Å². The Kier molecular flexibility index (Phi) is 3.70. The minimum absolute atomic E-state index is 0.422.